The molecule has 1 aliphatic carbocycles. The van der Waals surface area contributed by atoms with Gasteiger partial charge in [-0.05, 0) is 67.6 Å². The lowest BCUT2D eigenvalue weighted by Crippen LogP contribution is -2.31. The zero-order chi connectivity index (χ0) is 22.0. The first kappa shape index (κ1) is 21.4. The van der Waals surface area contributed by atoms with Gasteiger partial charge in [0.25, 0.3) is 15.9 Å². The van der Waals surface area contributed by atoms with Crippen LogP contribution in [0.4, 0.5) is 5.69 Å². The highest BCUT2D eigenvalue weighted by molar-refractivity contribution is 7.92. The zero-order valence-corrected chi connectivity index (χ0v) is 18.6. The van der Waals surface area contributed by atoms with Gasteiger partial charge in [0.15, 0.2) is 0 Å². The average molecular weight is 455 g/mol. The Kier molecular flexibility index (Phi) is 6.03. The lowest BCUT2D eigenvalue weighted by Gasteiger charge is -2.26. The highest BCUT2D eigenvalue weighted by atomic mass is 35.5. The molecule has 0 radical (unpaired) electrons. The fraction of sp³-hybridized carbons (Fsp3) is 0.208. The van der Waals surface area contributed by atoms with Crippen LogP contribution in [0.25, 0.3) is 0 Å². The predicted octanol–water partition coefficient (Wildman–Crippen LogP) is 5.26. The summed E-state index contributed by atoms with van der Waals surface area (Å²) < 4.78 is 28.3. The fourth-order valence-electron chi connectivity index (χ4n) is 3.83. The van der Waals surface area contributed by atoms with Gasteiger partial charge >= 0.3 is 0 Å². The Morgan fingerprint density at radius 2 is 1.77 bits per heavy atom. The van der Waals surface area contributed by atoms with E-state index in [1.165, 1.54) is 23.8 Å². The summed E-state index contributed by atoms with van der Waals surface area (Å²) >= 11 is 6.18. The van der Waals surface area contributed by atoms with Crippen LogP contribution in [0.1, 0.15) is 45.9 Å². The Bertz CT molecular complexity index is 1220. The molecule has 160 valence electrons. The zero-order valence-electron chi connectivity index (χ0n) is 17.1. The molecule has 4 rings (SSSR count). The lowest BCUT2D eigenvalue weighted by atomic mass is 9.87. The number of anilines is 1. The van der Waals surface area contributed by atoms with Crippen molar-refractivity contribution >= 4 is 33.2 Å². The monoisotopic (exact) mass is 454 g/mol. The number of hydrogen-bond acceptors (Lipinski definition) is 3. The van der Waals surface area contributed by atoms with Gasteiger partial charge in [-0.25, -0.2) is 8.42 Å². The van der Waals surface area contributed by atoms with Crippen LogP contribution in [0.5, 0.6) is 0 Å². The SMILES string of the molecule is Cc1ccc(NS(=O)(=O)c2cc(C(=O)N[C@@H]3CCCc4ccccc43)ccc2Cl)cc1. The largest absolute Gasteiger partial charge is 0.345 e. The highest BCUT2D eigenvalue weighted by Crippen LogP contribution is 2.30. The summed E-state index contributed by atoms with van der Waals surface area (Å²) in [6, 6.07) is 19.3. The molecule has 0 unspecified atom stereocenters. The van der Waals surface area contributed by atoms with Crippen LogP contribution in [0.2, 0.25) is 5.02 Å². The van der Waals surface area contributed by atoms with Gasteiger partial charge in [-0.15, -0.1) is 0 Å². The number of carbonyl (C=O) groups is 1. The molecule has 0 saturated carbocycles. The summed E-state index contributed by atoms with van der Waals surface area (Å²) in [6.07, 6.45) is 2.83. The normalized spacial score (nSPS) is 15.7. The molecule has 1 aliphatic rings. The van der Waals surface area contributed by atoms with Gasteiger partial charge in [0.05, 0.1) is 11.1 Å². The van der Waals surface area contributed by atoms with Crippen molar-refractivity contribution in [3.8, 4) is 0 Å². The van der Waals surface area contributed by atoms with Crippen molar-refractivity contribution in [1.82, 2.24) is 5.32 Å². The first-order chi connectivity index (χ1) is 14.8. The number of fused-ring (bicyclic) bond motifs is 1. The average Bonchev–Trinajstić information content (AvgIpc) is 2.75. The van der Waals surface area contributed by atoms with Gasteiger partial charge in [-0.3, -0.25) is 9.52 Å². The number of carbonyl (C=O) groups excluding carboxylic acids is 1. The summed E-state index contributed by atoms with van der Waals surface area (Å²) in [5.41, 5.74) is 4.04. The van der Waals surface area contributed by atoms with E-state index in [0.29, 0.717) is 5.69 Å². The lowest BCUT2D eigenvalue weighted by molar-refractivity contribution is 0.0932. The molecular weight excluding hydrogens is 432 g/mol. The van der Waals surface area contributed by atoms with Crippen molar-refractivity contribution in [2.75, 3.05) is 4.72 Å². The van der Waals surface area contributed by atoms with Gasteiger partial charge in [0.1, 0.15) is 4.90 Å². The minimum Gasteiger partial charge on any atom is -0.345 e. The van der Waals surface area contributed by atoms with Crippen molar-refractivity contribution in [2.45, 2.75) is 37.1 Å². The van der Waals surface area contributed by atoms with Crippen molar-refractivity contribution in [1.29, 1.82) is 0 Å². The van der Waals surface area contributed by atoms with Crippen LogP contribution in [0.15, 0.2) is 71.6 Å². The Labute approximate surface area is 187 Å². The first-order valence-corrected chi connectivity index (χ1v) is 12.0. The number of aryl methyl sites for hydroxylation is 2. The molecule has 0 saturated heterocycles. The van der Waals surface area contributed by atoms with E-state index in [4.69, 9.17) is 11.6 Å². The van der Waals surface area contributed by atoms with E-state index in [0.717, 1.165) is 30.4 Å². The van der Waals surface area contributed by atoms with Gasteiger partial charge < -0.3 is 5.32 Å². The molecule has 0 fully saturated rings. The van der Waals surface area contributed by atoms with E-state index in [2.05, 4.69) is 16.1 Å². The van der Waals surface area contributed by atoms with Gasteiger partial charge in [0, 0.05) is 11.3 Å². The van der Waals surface area contributed by atoms with E-state index < -0.39 is 10.0 Å². The van der Waals surface area contributed by atoms with E-state index in [1.807, 2.05) is 37.3 Å². The molecule has 1 atom stereocenters. The minimum atomic E-state index is -3.96. The van der Waals surface area contributed by atoms with Gasteiger partial charge in [-0.1, -0.05) is 53.6 Å². The predicted molar refractivity (Wildman–Crippen MR) is 123 cm³/mol. The topological polar surface area (TPSA) is 75.3 Å². The van der Waals surface area contributed by atoms with Crippen LogP contribution in [0, 0.1) is 6.92 Å². The molecule has 5 nitrogen and oxygen atoms in total. The maximum atomic E-state index is 12.9. The number of rotatable bonds is 5. The third kappa shape index (κ3) is 4.75. The molecule has 0 bridgehead atoms. The standard InChI is InChI=1S/C24H23ClN2O3S/c1-16-9-12-19(13-10-16)27-31(29,30)23-15-18(11-14-21(23)25)24(28)26-22-8-4-6-17-5-2-3-7-20(17)22/h2-3,5,7,9-15,22,27H,4,6,8H2,1H3,(H,26,28)/t22-/m1/s1. The second-order valence-electron chi connectivity index (χ2n) is 7.73. The third-order valence-electron chi connectivity index (χ3n) is 5.46. The molecule has 2 N–H and O–H groups in total. The maximum Gasteiger partial charge on any atom is 0.263 e. The number of amides is 1. The summed E-state index contributed by atoms with van der Waals surface area (Å²) in [5.74, 6) is -0.329. The van der Waals surface area contributed by atoms with E-state index >= 15 is 0 Å². The van der Waals surface area contributed by atoms with E-state index in [9.17, 15) is 13.2 Å². The minimum absolute atomic E-state index is 0.0548. The molecule has 0 heterocycles. The van der Waals surface area contributed by atoms with Crippen LogP contribution < -0.4 is 10.0 Å². The molecule has 31 heavy (non-hydrogen) atoms. The fourth-order valence-corrected chi connectivity index (χ4v) is 5.41. The molecular formula is C24H23ClN2O3S. The highest BCUT2D eigenvalue weighted by Gasteiger charge is 2.24. The summed E-state index contributed by atoms with van der Waals surface area (Å²) in [4.78, 5) is 12.8. The molecule has 1 amide bonds. The summed E-state index contributed by atoms with van der Waals surface area (Å²) in [7, 11) is -3.96. The van der Waals surface area contributed by atoms with Crippen molar-refractivity contribution < 1.29 is 13.2 Å². The number of sulfonamides is 1. The molecule has 3 aromatic carbocycles. The summed E-state index contributed by atoms with van der Waals surface area (Å²) in [5, 5.41) is 3.10. The van der Waals surface area contributed by atoms with Crippen LogP contribution in [0.3, 0.4) is 0 Å². The first-order valence-electron chi connectivity index (χ1n) is 10.1. The van der Waals surface area contributed by atoms with Crippen LogP contribution in [-0.4, -0.2) is 14.3 Å². The Morgan fingerprint density at radius 3 is 2.55 bits per heavy atom. The molecule has 7 heteroatoms. The Hall–Kier alpha value is -2.83. The molecule has 3 aromatic rings. The third-order valence-corrected chi connectivity index (χ3v) is 7.32. The Balaban J connectivity index is 1.57. The number of benzene rings is 3. The number of nitrogens with one attached hydrogen (secondary N) is 2. The maximum absolute atomic E-state index is 12.9. The van der Waals surface area contributed by atoms with Crippen molar-refractivity contribution in [3.63, 3.8) is 0 Å². The molecule has 0 spiro atoms. The van der Waals surface area contributed by atoms with Crippen LogP contribution in [-0.2, 0) is 16.4 Å². The van der Waals surface area contributed by atoms with Crippen molar-refractivity contribution in [3.05, 3.63) is 94.0 Å². The van der Waals surface area contributed by atoms with Crippen LogP contribution >= 0.6 is 11.6 Å². The number of hydrogen-bond donors (Lipinski definition) is 2. The smallest absolute Gasteiger partial charge is 0.263 e. The quantitative estimate of drug-likeness (QED) is 0.552. The van der Waals surface area contributed by atoms with Gasteiger partial charge in [-0.2, -0.15) is 0 Å². The Morgan fingerprint density at radius 1 is 1.03 bits per heavy atom. The van der Waals surface area contributed by atoms with E-state index in [1.54, 1.807) is 12.1 Å². The second-order valence-corrected chi connectivity index (χ2v) is 9.79. The van der Waals surface area contributed by atoms with E-state index in [-0.39, 0.29) is 27.4 Å². The number of halogens is 1. The second kappa shape index (κ2) is 8.73. The van der Waals surface area contributed by atoms with Gasteiger partial charge in [0.2, 0.25) is 0 Å². The molecule has 0 aromatic heterocycles. The van der Waals surface area contributed by atoms with Crippen molar-refractivity contribution in [2.24, 2.45) is 0 Å². The summed E-state index contributed by atoms with van der Waals surface area (Å²) in [6.45, 7) is 1.92. The molecule has 0 aliphatic heterocycles.